The van der Waals surface area contributed by atoms with E-state index < -0.39 is 0 Å². The van der Waals surface area contributed by atoms with Crippen molar-refractivity contribution in [3.05, 3.63) is 71.3 Å². The Morgan fingerprint density at radius 1 is 1.22 bits per heavy atom. The summed E-state index contributed by atoms with van der Waals surface area (Å²) in [5.74, 6) is 0.674. The zero-order valence-electron chi connectivity index (χ0n) is 12.6. The zero-order chi connectivity index (χ0) is 16.1. The Balaban J connectivity index is 1.80. The summed E-state index contributed by atoms with van der Waals surface area (Å²) in [6, 6.07) is 11.9. The van der Waals surface area contributed by atoms with Gasteiger partial charge in [-0.2, -0.15) is 5.10 Å². The highest BCUT2D eigenvalue weighted by molar-refractivity contribution is 6.29. The summed E-state index contributed by atoms with van der Waals surface area (Å²) >= 11 is 6.00. The van der Waals surface area contributed by atoms with Gasteiger partial charge in [-0.05, 0) is 29.8 Å². The van der Waals surface area contributed by atoms with E-state index in [1.165, 1.54) is 0 Å². The van der Waals surface area contributed by atoms with Gasteiger partial charge < -0.3 is 9.47 Å². The molecule has 0 unspecified atom stereocenters. The summed E-state index contributed by atoms with van der Waals surface area (Å²) in [5.41, 5.74) is 3.13. The standard InChI is InChI=1S/C17H16ClN3O2/c1-22-12-23-16-11-19-17(18)10-14(16)9-13-3-5-15(6-4-13)21-8-2-7-20-21/h2-8,10-11H,9,12H2,1H3. The van der Waals surface area contributed by atoms with E-state index in [1.54, 1.807) is 19.5 Å². The molecule has 3 aromatic rings. The van der Waals surface area contributed by atoms with Gasteiger partial charge in [0, 0.05) is 31.5 Å². The molecule has 5 nitrogen and oxygen atoms in total. The third-order valence-electron chi connectivity index (χ3n) is 3.35. The molecule has 0 fully saturated rings. The van der Waals surface area contributed by atoms with Gasteiger partial charge in [0.05, 0.1) is 11.9 Å². The van der Waals surface area contributed by atoms with Crippen molar-refractivity contribution in [2.75, 3.05) is 13.9 Å². The summed E-state index contributed by atoms with van der Waals surface area (Å²) in [5, 5.41) is 4.66. The maximum Gasteiger partial charge on any atom is 0.188 e. The van der Waals surface area contributed by atoms with E-state index in [9.17, 15) is 0 Å². The van der Waals surface area contributed by atoms with Crippen molar-refractivity contribution < 1.29 is 9.47 Å². The highest BCUT2D eigenvalue weighted by Gasteiger charge is 2.08. The lowest BCUT2D eigenvalue weighted by atomic mass is 10.1. The van der Waals surface area contributed by atoms with Crippen molar-refractivity contribution in [3.8, 4) is 11.4 Å². The molecule has 3 rings (SSSR count). The molecule has 0 radical (unpaired) electrons. The van der Waals surface area contributed by atoms with Crippen LogP contribution in [0.25, 0.3) is 5.69 Å². The van der Waals surface area contributed by atoms with Gasteiger partial charge in [-0.15, -0.1) is 0 Å². The molecule has 0 atom stereocenters. The van der Waals surface area contributed by atoms with Gasteiger partial charge in [0.2, 0.25) is 0 Å². The summed E-state index contributed by atoms with van der Waals surface area (Å²) in [4.78, 5) is 4.06. The smallest absolute Gasteiger partial charge is 0.188 e. The van der Waals surface area contributed by atoms with Gasteiger partial charge in [0.15, 0.2) is 6.79 Å². The van der Waals surface area contributed by atoms with Crippen LogP contribution >= 0.6 is 11.6 Å². The number of benzene rings is 1. The number of halogens is 1. The number of pyridine rings is 1. The SMILES string of the molecule is COCOc1cnc(Cl)cc1Cc1ccc(-n2cccn2)cc1. The Hall–Kier alpha value is -2.37. The minimum atomic E-state index is 0.175. The van der Waals surface area contributed by atoms with Crippen LogP contribution in [0.15, 0.2) is 55.0 Å². The predicted octanol–water partition coefficient (Wildman–Crippen LogP) is 3.49. The van der Waals surface area contributed by atoms with Crippen molar-refractivity contribution in [2.45, 2.75) is 6.42 Å². The van der Waals surface area contributed by atoms with Crippen LogP contribution in [0.5, 0.6) is 5.75 Å². The molecule has 118 valence electrons. The summed E-state index contributed by atoms with van der Waals surface area (Å²) in [6.45, 7) is 0.175. The Bertz CT molecular complexity index is 758. The maximum absolute atomic E-state index is 6.00. The predicted molar refractivity (Wildman–Crippen MR) is 88.1 cm³/mol. The quantitative estimate of drug-likeness (QED) is 0.513. The van der Waals surface area contributed by atoms with Gasteiger partial charge in [0.1, 0.15) is 10.9 Å². The van der Waals surface area contributed by atoms with Crippen LogP contribution in [-0.4, -0.2) is 28.7 Å². The highest BCUT2D eigenvalue weighted by atomic mass is 35.5. The lowest BCUT2D eigenvalue weighted by Gasteiger charge is -2.11. The van der Waals surface area contributed by atoms with Crippen LogP contribution in [0.2, 0.25) is 5.15 Å². The van der Waals surface area contributed by atoms with Crippen LogP contribution in [0.4, 0.5) is 0 Å². The summed E-state index contributed by atoms with van der Waals surface area (Å²) < 4.78 is 12.3. The summed E-state index contributed by atoms with van der Waals surface area (Å²) in [7, 11) is 1.58. The van der Waals surface area contributed by atoms with Crippen molar-refractivity contribution in [1.29, 1.82) is 0 Å². The van der Waals surface area contributed by atoms with E-state index in [0.29, 0.717) is 17.3 Å². The monoisotopic (exact) mass is 329 g/mol. The Kier molecular flexibility index (Phi) is 4.90. The minimum absolute atomic E-state index is 0.175. The average Bonchev–Trinajstić information content (AvgIpc) is 3.09. The highest BCUT2D eigenvalue weighted by Crippen LogP contribution is 2.24. The molecule has 0 saturated heterocycles. The lowest BCUT2D eigenvalue weighted by molar-refractivity contribution is 0.0502. The van der Waals surface area contributed by atoms with Crippen molar-refractivity contribution in [1.82, 2.24) is 14.8 Å². The van der Waals surface area contributed by atoms with E-state index in [2.05, 4.69) is 22.2 Å². The molecule has 1 aromatic carbocycles. The Morgan fingerprint density at radius 2 is 2.04 bits per heavy atom. The average molecular weight is 330 g/mol. The van der Waals surface area contributed by atoms with Crippen molar-refractivity contribution in [3.63, 3.8) is 0 Å². The zero-order valence-corrected chi connectivity index (χ0v) is 13.4. The number of rotatable bonds is 6. The van der Waals surface area contributed by atoms with E-state index in [1.807, 2.05) is 35.1 Å². The second kappa shape index (κ2) is 7.26. The molecule has 0 aliphatic rings. The van der Waals surface area contributed by atoms with Crippen molar-refractivity contribution >= 4 is 11.6 Å². The van der Waals surface area contributed by atoms with E-state index >= 15 is 0 Å². The molecule has 0 saturated carbocycles. The van der Waals surface area contributed by atoms with Gasteiger partial charge in [0.25, 0.3) is 0 Å². The molecule has 0 amide bonds. The Morgan fingerprint density at radius 3 is 2.74 bits per heavy atom. The first-order chi connectivity index (χ1) is 11.3. The molecule has 0 aliphatic heterocycles. The van der Waals surface area contributed by atoms with Crippen LogP contribution in [0.3, 0.4) is 0 Å². The fourth-order valence-electron chi connectivity index (χ4n) is 2.25. The fourth-order valence-corrected chi connectivity index (χ4v) is 2.43. The molecule has 6 heteroatoms. The molecule has 0 aliphatic carbocycles. The van der Waals surface area contributed by atoms with E-state index in [4.69, 9.17) is 21.1 Å². The molecule has 2 heterocycles. The molecule has 2 aromatic heterocycles. The fraction of sp³-hybridized carbons (Fsp3) is 0.176. The molecule has 23 heavy (non-hydrogen) atoms. The molecule has 0 N–H and O–H groups in total. The third kappa shape index (κ3) is 3.88. The largest absolute Gasteiger partial charge is 0.466 e. The lowest BCUT2D eigenvalue weighted by Crippen LogP contribution is -2.03. The second-order valence-corrected chi connectivity index (χ2v) is 5.35. The van der Waals surface area contributed by atoms with Crippen LogP contribution in [-0.2, 0) is 11.2 Å². The van der Waals surface area contributed by atoms with Crippen LogP contribution < -0.4 is 4.74 Å². The second-order valence-electron chi connectivity index (χ2n) is 4.96. The number of methoxy groups -OCH3 is 1. The summed E-state index contributed by atoms with van der Waals surface area (Å²) in [6.07, 6.45) is 5.98. The topological polar surface area (TPSA) is 49.2 Å². The maximum atomic E-state index is 6.00. The molecular weight excluding hydrogens is 314 g/mol. The first-order valence-electron chi connectivity index (χ1n) is 7.11. The van der Waals surface area contributed by atoms with Gasteiger partial charge in [-0.25, -0.2) is 9.67 Å². The Labute approximate surface area is 139 Å². The van der Waals surface area contributed by atoms with Crippen molar-refractivity contribution in [2.24, 2.45) is 0 Å². The number of hydrogen-bond donors (Lipinski definition) is 0. The van der Waals surface area contributed by atoms with Crippen LogP contribution in [0, 0.1) is 0 Å². The van der Waals surface area contributed by atoms with E-state index in [0.717, 1.165) is 16.8 Å². The van der Waals surface area contributed by atoms with Gasteiger partial charge in [-0.3, -0.25) is 0 Å². The number of ether oxygens (including phenoxy) is 2. The van der Waals surface area contributed by atoms with E-state index in [-0.39, 0.29) is 6.79 Å². The van der Waals surface area contributed by atoms with Gasteiger partial charge in [-0.1, -0.05) is 23.7 Å². The third-order valence-corrected chi connectivity index (χ3v) is 3.55. The molecule has 0 spiro atoms. The normalized spacial score (nSPS) is 10.7. The number of hydrogen-bond acceptors (Lipinski definition) is 4. The first-order valence-corrected chi connectivity index (χ1v) is 7.49. The first kappa shape index (κ1) is 15.5. The molecular formula is C17H16ClN3O2. The number of aromatic nitrogens is 3. The van der Waals surface area contributed by atoms with Crippen LogP contribution in [0.1, 0.15) is 11.1 Å². The number of nitrogens with zero attached hydrogens (tertiary/aromatic N) is 3. The van der Waals surface area contributed by atoms with Gasteiger partial charge >= 0.3 is 0 Å². The molecule has 0 bridgehead atoms. The minimum Gasteiger partial charge on any atom is -0.466 e.